The molecule has 1 aromatic rings. The lowest BCUT2D eigenvalue weighted by atomic mass is 10.2. The van der Waals surface area contributed by atoms with Gasteiger partial charge in [0.05, 0.1) is 6.54 Å². The number of rotatable bonds is 5. The summed E-state index contributed by atoms with van der Waals surface area (Å²) in [5, 5.41) is 0. The topological polar surface area (TPSA) is 71.5 Å². The van der Waals surface area contributed by atoms with E-state index in [2.05, 4.69) is 24.2 Å². The van der Waals surface area contributed by atoms with Crippen LogP contribution in [0.4, 0.5) is 0 Å². The van der Waals surface area contributed by atoms with Gasteiger partial charge in [0.15, 0.2) is 5.76 Å². The Kier molecular flexibility index (Phi) is 4.52. The molecule has 3 N–H and O–H groups in total. The zero-order chi connectivity index (χ0) is 12.1. The van der Waals surface area contributed by atoms with Crippen LogP contribution in [0.25, 0.3) is 0 Å². The fraction of sp³-hybridized carbons (Fsp3) is 0.545. The van der Waals surface area contributed by atoms with Gasteiger partial charge in [-0.05, 0) is 26.1 Å². The molecule has 0 aliphatic heterocycles. The number of furan rings is 1. The second-order valence-electron chi connectivity index (χ2n) is 3.66. The molecular weight excluding hydrogens is 206 g/mol. The number of hydrogen-bond donors (Lipinski definition) is 2. The average Bonchev–Trinajstić information content (AvgIpc) is 2.66. The monoisotopic (exact) mass is 225 g/mol. The SMILES string of the molecule is CCN(CC)Cc1cc(C)c(C(=O)NN)o1. The Hall–Kier alpha value is -1.33. The molecule has 0 spiro atoms. The number of nitrogen functional groups attached to an aromatic ring is 1. The Balaban J connectivity index is 2.80. The summed E-state index contributed by atoms with van der Waals surface area (Å²) in [5.41, 5.74) is 2.88. The van der Waals surface area contributed by atoms with Gasteiger partial charge in [0.25, 0.3) is 0 Å². The van der Waals surface area contributed by atoms with Crippen molar-refractivity contribution < 1.29 is 9.21 Å². The molecular formula is C11H19N3O2. The van der Waals surface area contributed by atoms with Gasteiger partial charge in [-0.1, -0.05) is 13.8 Å². The van der Waals surface area contributed by atoms with Crippen LogP contribution in [0.15, 0.2) is 10.5 Å². The van der Waals surface area contributed by atoms with E-state index in [9.17, 15) is 4.79 Å². The van der Waals surface area contributed by atoms with Crippen molar-refractivity contribution in [2.45, 2.75) is 27.3 Å². The number of carbonyl (C=O) groups excluding carboxylic acids is 1. The molecule has 1 aromatic heterocycles. The van der Waals surface area contributed by atoms with Gasteiger partial charge in [-0.25, -0.2) is 5.84 Å². The van der Waals surface area contributed by atoms with E-state index < -0.39 is 0 Å². The number of hydrogen-bond acceptors (Lipinski definition) is 4. The lowest BCUT2D eigenvalue weighted by Gasteiger charge is -2.15. The maximum absolute atomic E-state index is 11.3. The molecule has 1 heterocycles. The highest BCUT2D eigenvalue weighted by Gasteiger charge is 2.15. The minimum absolute atomic E-state index is 0.296. The van der Waals surface area contributed by atoms with Crippen molar-refractivity contribution in [1.82, 2.24) is 10.3 Å². The summed E-state index contributed by atoms with van der Waals surface area (Å²) in [6, 6.07) is 1.88. The van der Waals surface area contributed by atoms with E-state index in [-0.39, 0.29) is 5.91 Å². The molecule has 0 radical (unpaired) electrons. The van der Waals surface area contributed by atoms with Gasteiger partial charge in [0, 0.05) is 5.56 Å². The number of aryl methyl sites for hydroxylation is 1. The van der Waals surface area contributed by atoms with Crippen LogP contribution in [-0.2, 0) is 6.54 Å². The van der Waals surface area contributed by atoms with Crippen molar-refractivity contribution in [3.05, 3.63) is 23.2 Å². The Labute approximate surface area is 95.6 Å². The van der Waals surface area contributed by atoms with Crippen LogP contribution in [0.1, 0.15) is 35.7 Å². The van der Waals surface area contributed by atoms with Gasteiger partial charge < -0.3 is 4.42 Å². The molecule has 0 fully saturated rings. The predicted octanol–water partition coefficient (Wildman–Crippen LogP) is 1.03. The van der Waals surface area contributed by atoms with Gasteiger partial charge in [-0.2, -0.15) is 0 Å². The number of hydrazine groups is 1. The van der Waals surface area contributed by atoms with Crippen molar-refractivity contribution in [2.24, 2.45) is 5.84 Å². The third kappa shape index (κ3) is 2.84. The summed E-state index contributed by atoms with van der Waals surface area (Å²) in [7, 11) is 0. The molecule has 16 heavy (non-hydrogen) atoms. The zero-order valence-corrected chi connectivity index (χ0v) is 10.0. The highest BCUT2D eigenvalue weighted by molar-refractivity contribution is 5.92. The van der Waals surface area contributed by atoms with Crippen molar-refractivity contribution in [1.29, 1.82) is 0 Å². The van der Waals surface area contributed by atoms with E-state index in [1.807, 2.05) is 13.0 Å². The summed E-state index contributed by atoms with van der Waals surface area (Å²) in [6.07, 6.45) is 0. The minimum Gasteiger partial charge on any atom is -0.454 e. The van der Waals surface area contributed by atoms with E-state index >= 15 is 0 Å². The molecule has 5 heteroatoms. The van der Waals surface area contributed by atoms with Crippen LogP contribution in [0.2, 0.25) is 0 Å². The first-order valence-electron chi connectivity index (χ1n) is 5.44. The summed E-state index contributed by atoms with van der Waals surface area (Å²) in [5.74, 6) is 5.77. The highest BCUT2D eigenvalue weighted by Crippen LogP contribution is 2.16. The second-order valence-corrected chi connectivity index (χ2v) is 3.66. The molecule has 1 amide bonds. The number of nitrogens with one attached hydrogen (secondary N) is 1. The highest BCUT2D eigenvalue weighted by atomic mass is 16.4. The molecule has 0 saturated heterocycles. The van der Waals surface area contributed by atoms with Crippen LogP contribution in [-0.4, -0.2) is 23.9 Å². The Morgan fingerprint density at radius 2 is 2.12 bits per heavy atom. The van der Waals surface area contributed by atoms with E-state index in [1.165, 1.54) is 0 Å². The number of nitrogens with two attached hydrogens (primary N) is 1. The Morgan fingerprint density at radius 3 is 2.62 bits per heavy atom. The smallest absolute Gasteiger partial charge is 0.301 e. The fourth-order valence-corrected chi connectivity index (χ4v) is 1.58. The zero-order valence-electron chi connectivity index (χ0n) is 10.0. The third-order valence-electron chi connectivity index (χ3n) is 2.58. The van der Waals surface area contributed by atoms with E-state index in [1.54, 1.807) is 0 Å². The summed E-state index contributed by atoms with van der Waals surface area (Å²) in [6.45, 7) is 8.63. The molecule has 0 atom stereocenters. The van der Waals surface area contributed by atoms with Gasteiger partial charge in [0.1, 0.15) is 5.76 Å². The van der Waals surface area contributed by atoms with Gasteiger partial charge >= 0.3 is 5.91 Å². The second kappa shape index (κ2) is 5.67. The van der Waals surface area contributed by atoms with Crippen molar-refractivity contribution in [2.75, 3.05) is 13.1 Å². The minimum atomic E-state index is -0.386. The first kappa shape index (κ1) is 12.7. The van der Waals surface area contributed by atoms with Crippen LogP contribution in [0.5, 0.6) is 0 Å². The number of nitrogens with zero attached hydrogens (tertiary/aromatic N) is 1. The summed E-state index contributed by atoms with van der Waals surface area (Å²) in [4.78, 5) is 13.5. The van der Waals surface area contributed by atoms with Crippen LogP contribution in [0, 0.1) is 6.92 Å². The molecule has 90 valence electrons. The number of amides is 1. The average molecular weight is 225 g/mol. The molecule has 0 bridgehead atoms. The van der Waals surface area contributed by atoms with Gasteiger partial charge in [-0.3, -0.25) is 15.1 Å². The Morgan fingerprint density at radius 1 is 1.50 bits per heavy atom. The number of carbonyl (C=O) groups is 1. The largest absolute Gasteiger partial charge is 0.454 e. The molecule has 0 aromatic carbocycles. The maximum atomic E-state index is 11.3. The third-order valence-corrected chi connectivity index (χ3v) is 2.58. The lowest BCUT2D eigenvalue weighted by Crippen LogP contribution is -2.30. The molecule has 0 saturated carbocycles. The van der Waals surface area contributed by atoms with E-state index in [0.29, 0.717) is 12.3 Å². The van der Waals surface area contributed by atoms with E-state index in [0.717, 1.165) is 24.4 Å². The molecule has 1 rings (SSSR count). The normalized spacial score (nSPS) is 10.8. The first-order valence-corrected chi connectivity index (χ1v) is 5.44. The maximum Gasteiger partial charge on any atom is 0.301 e. The summed E-state index contributed by atoms with van der Waals surface area (Å²) < 4.78 is 5.47. The van der Waals surface area contributed by atoms with Crippen molar-refractivity contribution in [3.63, 3.8) is 0 Å². The lowest BCUT2D eigenvalue weighted by molar-refractivity contribution is 0.0921. The molecule has 5 nitrogen and oxygen atoms in total. The van der Waals surface area contributed by atoms with Crippen molar-refractivity contribution in [3.8, 4) is 0 Å². The quantitative estimate of drug-likeness (QED) is 0.446. The molecule has 0 aliphatic rings. The standard InChI is InChI=1S/C11H19N3O2/c1-4-14(5-2)7-9-6-8(3)10(16-9)11(15)13-12/h6H,4-5,7,12H2,1-3H3,(H,13,15). The van der Waals surface area contributed by atoms with Crippen molar-refractivity contribution >= 4 is 5.91 Å². The molecule has 0 aliphatic carbocycles. The fourth-order valence-electron chi connectivity index (χ4n) is 1.58. The predicted molar refractivity (Wildman–Crippen MR) is 61.7 cm³/mol. The van der Waals surface area contributed by atoms with Gasteiger partial charge in [-0.15, -0.1) is 0 Å². The van der Waals surface area contributed by atoms with Crippen LogP contribution in [0.3, 0.4) is 0 Å². The molecule has 0 unspecified atom stereocenters. The first-order chi connectivity index (χ1) is 7.62. The van der Waals surface area contributed by atoms with Crippen LogP contribution >= 0.6 is 0 Å². The van der Waals surface area contributed by atoms with Gasteiger partial charge in [0.2, 0.25) is 0 Å². The summed E-state index contributed by atoms with van der Waals surface area (Å²) >= 11 is 0. The van der Waals surface area contributed by atoms with Crippen LogP contribution < -0.4 is 11.3 Å². The van der Waals surface area contributed by atoms with E-state index in [4.69, 9.17) is 10.3 Å². The Bertz CT molecular complexity index is 356.